The lowest BCUT2D eigenvalue weighted by Crippen LogP contribution is -2.38. The van der Waals surface area contributed by atoms with E-state index in [0.717, 1.165) is 22.7 Å². The summed E-state index contributed by atoms with van der Waals surface area (Å²) in [5.74, 6) is 0.411. The summed E-state index contributed by atoms with van der Waals surface area (Å²) >= 11 is 1.38. The molecule has 1 aromatic carbocycles. The van der Waals surface area contributed by atoms with Gasteiger partial charge in [0.1, 0.15) is 16.5 Å². The van der Waals surface area contributed by atoms with Gasteiger partial charge in [-0.2, -0.15) is 0 Å². The predicted molar refractivity (Wildman–Crippen MR) is 92.6 cm³/mol. The minimum Gasteiger partial charge on any atom is -0.482 e. The average Bonchev–Trinajstić information content (AvgIpc) is 3.04. The van der Waals surface area contributed by atoms with Crippen molar-refractivity contribution in [2.75, 3.05) is 18.1 Å². The zero-order valence-electron chi connectivity index (χ0n) is 13.7. The first kappa shape index (κ1) is 16.4. The van der Waals surface area contributed by atoms with Crippen molar-refractivity contribution < 1.29 is 14.3 Å². The number of hydrogen-bond donors (Lipinski definition) is 1. The normalized spacial score (nSPS) is 13.4. The van der Waals surface area contributed by atoms with Gasteiger partial charge in [-0.25, -0.2) is 4.98 Å². The SMILES string of the molecule is CCCNC(=O)c1csc(CN2C(=O)COc3cc(C)ccc32)n1. The molecule has 6 nitrogen and oxygen atoms in total. The summed E-state index contributed by atoms with van der Waals surface area (Å²) in [7, 11) is 0. The Morgan fingerprint density at radius 2 is 2.29 bits per heavy atom. The fourth-order valence-corrected chi connectivity index (χ4v) is 3.20. The van der Waals surface area contributed by atoms with Gasteiger partial charge in [0.15, 0.2) is 6.61 Å². The lowest BCUT2D eigenvalue weighted by molar-refractivity contribution is -0.121. The Morgan fingerprint density at radius 3 is 3.08 bits per heavy atom. The lowest BCUT2D eigenvalue weighted by Gasteiger charge is -2.28. The van der Waals surface area contributed by atoms with Crippen molar-refractivity contribution in [2.45, 2.75) is 26.8 Å². The molecule has 2 amide bonds. The molecule has 0 radical (unpaired) electrons. The van der Waals surface area contributed by atoms with Crippen molar-refractivity contribution in [1.29, 1.82) is 0 Å². The number of aromatic nitrogens is 1. The number of fused-ring (bicyclic) bond motifs is 1. The van der Waals surface area contributed by atoms with E-state index in [-0.39, 0.29) is 18.4 Å². The number of benzene rings is 1. The maximum absolute atomic E-state index is 12.2. The monoisotopic (exact) mass is 345 g/mol. The second-order valence-electron chi connectivity index (χ2n) is 5.62. The van der Waals surface area contributed by atoms with E-state index in [1.807, 2.05) is 32.0 Å². The van der Waals surface area contributed by atoms with E-state index >= 15 is 0 Å². The number of carbonyl (C=O) groups is 2. The van der Waals surface area contributed by atoms with E-state index in [4.69, 9.17) is 4.74 Å². The summed E-state index contributed by atoms with van der Waals surface area (Å²) in [6, 6.07) is 5.74. The fraction of sp³-hybridized carbons (Fsp3) is 0.353. The van der Waals surface area contributed by atoms with E-state index in [1.165, 1.54) is 11.3 Å². The molecule has 0 unspecified atom stereocenters. The second kappa shape index (κ2) is 7.00. The van der Waals surface area contributed by atoms with Crippen LogP contribution in [0.25, 0.3) is 0 Å². The van der Waals surface area contributed by atoms with Gasteiger partial charge in [0.25, 0.3) is 11.8 Å². The molecule has 2 aromatic rings. The Labute approximate surface area is 144 Å². The predicted octanol–water partition coefficient (Wildman–Crippen LogP) is 2.52. The highest BCUT2D eigenvalue weighted by atomic mass is 32.1. The summed E-state index contributed by atoms with van der Waals surface area (Å²) in [6.45, 7) is 4.96. The minimum atomic E-state index is -0.177. The largest absolute Gasteiger partial charge is 0.482 e. The van der Waals surface area contributed by atoms with Gasteiger partial charge in [-0.1, -0.05) is 13.0 Å². The van der Waals surface area contributed by atoms with Crippen LogP contribution in [0.1, 0.15) is 34.4 Å². The Hall–Kier alpha value is -2.41. The molecule has 1 aliphatic heterocycles. The number of hydrogen-bond acceptors (Lipinski definition) is 5. The molecule has 0 spiro atoms. The Bertz CT molecular complexity index is 772. The number of anilines is 1. The van der Waals surface area contributed by atoms with Crippen LogP contribution >= 0.6 is 11.3 Å². The van der Waals surface area contributed by atoms with Crippen LogP contribution in [0, 0.1) is 6.92 Å². The molecule has 0 aliphatic carbocycles. The number of amides is 2. The first-order valence-corrected chi connectivity index (χ1v) is 8.73. The minimum absolute atomic E-state index is 0.0195. The van der Waals surface area contributed by atoms with E-state index < -0.39 is 0 Å². The van der Waals surface area contributed by atoms with Gasteiger partial charge in [-0.15, -0.1) is 11.3 Å². The number of nitrogens with one attached hydrogen (secondary N) is 1. The molecule has 0 fully saturated rings. The van der Waals surface area contributed by atoms with Crippen LogP contribution in [-0.4, -0.2) is 29.9 Å². The second-order valence-corrected chi connectivity index (χ2v) is 6.56. The number of aryl methyl sites for hydroxylation is 1. The van der Waals surface area contributed by atoms with Gasteiger partial charge in [-0.3, -0.25) is 14.5 Å². The molecule has 1 aromatic heterocycles. The van der Waals surface area contributed by atoms with Gasteiger partial charge in [0.2, 0.25) is 0 Å². The molecule has 0 atom stereocenters. The molecule has 0 bridgehead atoms. The zero-order chi connectivity index (χ0) is 17.1. The topological polar surface area (TPSA) is 71.5 Å². The Kier molecular flexibility index (Phi) is 4.80. The highest BCUT2D eigenvalue weighted by molar-refractivity contribution is 7.09. The van der Waals surface area contributed by atoms with Crippen LogP contribution in [0.4, 0.5) is 5.69 Å². The van der Waals surface area contributed by atoms with Gasteiger partial charge in [0.05, 0.1) is 12.2 Å². The van der Waals surface area contributed by atoms with Crippen molar-refractivity contribution in [2.24, 2.45) is 0 Å². The highest BCUT2D eigenvalue weighted by Crippen LogP contribution is 2.34. The quantitative estimate of drug-likeness (QED) is 0.904. The summed E-state index contributed by atoms with van der Waals surface area (Å²) < 4.78 is 5.50. The maximum atomic E-state index is 12.2. The molecule has 1 aliphatic rings. The third-order valence-corrected chi connectivity index (χ3v) is 4.51. The first-order valence-electron chi connectivity index (χ1n) is 7.85. The molecular weight excluding hydrogens is 326 g/mol. The van der Waals surface area contributed by atoms with E-state index in [0.29, 0.717) is 24.5 Å². The molecule has 126 valence electrons. The molecule has 2 heterocycles. The molecular formula is C17H19N3O3S. The number of ether oxygens (including phenoxy) is 1. The van der Waals surface area contributed by atoms with Crippen LogP contribution in [0.15, 0.2) is 23.6 Å². The van der Waals surface area contributed by atoms with Crippen molar-refractivity contribution in [1.82, 2.24) is 10.3 Å². The third kappa shape index (κ3) is 3.41. The number of carbonyl (C=O) groups excluding carboxylic acids is 2. The average molecular weight is 345 g/mol. The highest BCUT2D eigenvalue weighted by Gasteiger charge is 2.26. The van der Waals surface area contributed by atoms with Gasteiger partial charge < -0.3 is 10.1 Å². The van der Waals surface area contributed by atoms with Crippen molar-refractivity contribution in [3.63, 3.8) is 0 Å². The van der Waals surface area contributed by atoms with Crippen LogP contribution in [-0.2, 0) is 11.3 Å². The van der Waals surface area contributed by atoms with Crippen molar-refractivity contribution in [3.8, 4) is 5.75 Å². The number of rotatable bonds is 5. The summed E-state index contributed by atoms with van der Waals surface area (Å²) in [6.07, 6.45) is 0.876. The maximum Gasteiger partial charge on any atom is 0.270 e. The standard InChI is InChI=1S/C17H19N3O3S/c1-3-6-18-17(22)12-10-24-15(19-12)8-20-13-5-4-11(2)7-14(13)23-9-16(20)21/h4-5,7,10H,3,6,8-9H2,1-2H3,(H,18,22). The molecule has 0 saturated heterocycles. The summed E-state index contributed by atoms with van der Waals surface area (Å²) in [5, 5.41) is 5.25. The van der Waals surface area contributed by atoms with E-state index in [9.17, 15) is 9.59 Å². The molecule has 1 N–H and O–H groups in total. The number of nitrogens with zero attached hydrogens (tertiary/aromatic N) is 2. The van der Waals surface area contributed by atoms with E-state index in [2.05, 4.69) is 10.3 Å². The van der Waals surface area contributed by atoms with Gasteiger partial charge in [-0.05, 0) is 31.0 Å². The fourth-order valence-electron chi connectivity index (χ4n) is 2.44. The van der Waals surface area contributed by atoms with Gasteiger partial charge in [0, 0.05) is 11.9 Å². The number of thiazole rings is 1. The smallest absolute Gasteiger partial charge is 0.270 e. The Morgan fingerprint density at radius 1 is 1.46 bits per heavy atom. The molecule has 3 rings (SSSR count). The van der Waals surface area contributed by atoms with Crippen LogP contribution in [0.5, 0.6) is 5.75 Å². The molecule has 24 heavy (non-hydrogen) atoms. The molecule has 0 saturated carbocycles. The third-order valence-electron chi connectivity index (χ3n) is 3.67. The zero-order valence-corrected chi connectivity index (χ0v) is 14.5. The summed E-state index contributed by atoms with van der Waals surface area (Å²) in [5.41, 5.74) is 2.21. The molecule has 7 heteroatoms. The van der Waals surface area contributed by atoms with Crippen LogP contribution in [0.2, 0.25) is 0 Å². The van der Waals surface area contributed by atoms with Crippen LogP contribution in [0.3, 0.4) is 0 Å². The van der Waals surface area contributed by atoms with Gasteiger partial charge >= 0.3 is 0 Å². The first-order chi connectivity index (χ1) is 11.6. The Balaban J connectivity index is 1.78. The summed E-state index contributed by atoms with van der Waals surface area (Å²) in [4.78, 5) is 30.2. The lowest BCUT2D eigenvalue weighted by atomic mass is 10.1. The van der Waals surface area contributed by atoms with Crippen molar-refractivity contribution >= 4 is 28.8 Å². The van der Waals surface area contributed by atoms with Crippen LogP contribution < -0.4 is 15.0 Å². The van der Waals surface area contributed by atoms with E-state index in [1.54, 1.807) is 10.3 Å². The van der Waals surface area contributed by atoms with Crippen molar-refractivity contribution in [3.05, 3.63) is 39.8 Å².